The van der Waals surface area contributed by atoms with Crippen molar-refractivity contribution in [3.05, 3.63) is 28.8 Å². The van der Waals surface area contributed by atoms with E-state index in [9.17, 15) is 8.42 Å². The van der Waals surface area contributed by atoms with Crippen LogP contribution >= 0.6 is 11.6 Å². The van der Waals surface area contributed by atoms with Gasteiger partial charge in [-0.3, -0.25) is 4.72 Å². The Kier molecular flexibility index (Phi) is 4.53. The molecule has 0 spiro atoms. The van der Waals surface area contributed by atoms with Crippen LogP contribution in [0.15, 0.2) is 18.2 Å². The minimum Gasteiger partial charge on any atom is -0.269 e. The number of piperidine rings is 1. The molecule has 108 valence electrons. The van der Waals surface area contributed by atoms with Crippen LogP contribution in [-0.2, 0) is 10.2 Å². The molecule has 0 bridgehead atoms. The van der Waals surface area contributed by atoms with Crippen molar-refractivity contribution in [1.29, 1.82) is 5.26 Å². The van der Waals surface area contributed by atoms with E-state index in [2.05, 4.69) is 4.72 Å². The molecule has 7 heteroatoms. The van der Waals surface area contributed by atoms with Gasteiger partial charge in [-0.2, -0.15) is 18.0 Å². The minimum absolute atomic E-state index is 0.240. The van der Waals surface area contributed by atoms with Crippen LogP contribution in [0.3, 0.4) is 0 Å². The zero-order valence-corrected chi connectivity index (χ0v) is 12.7. The molecular formula is C13H16ClN3O2S. The lowest BCUT2D eigenvalue weighted by atomic mass is 10.0. The second-order valence-electron chi connectivity index (χ2n) is 5.02. The number of benzene rings is 1. The standard InChI is InChI=1S/C13H16ClN3O2S/c1-10-3-2-6-17(9-10)20(18,19)16-13-7-11(8-15)4-5-12(13)14/h4-5,7,10,16H,2-3,6,9H2,1H3. The summed E-state index contributed by atoms with van der Waals surface area (Å²) >= 11 is 5.97. The molecule has 1 aromatic carbocycles. The van der Waals surface area contributed by atoms with Crippen LogP contribution < -0.4 is 4.72 Å². The Labute approximate surface area is 124 Å². The molecule has 0 aromatic heterocycles. The zero-order valence-electron chi connectivity index (χ0n) is 11.1. The number of nitriles is 1. The molecule has 1 aliphatic heterocycles. The highest BCUT2D eigenvalue weighted by molar-refractivity contribution is 7.90. The summed E-state index contributed by atoms with van der Waals surface area (Å²) in [4.78, 5) is 0. The van der Waals surface area contributed by atoms with E-state index in [4.69, 9.17) is 16.9 Å². The molecule has 5 nitrogen and oxygen atoms in total. The largest absolute Gasteiger partial charge is 0.301 e. The van der Waals surface area contributed by atoms with Gasteiger partial charge >= 0.3 is 10.2 Å². The van der Waals surface area contributed by atoms with E-state index in [1.807, 2.05) is 13.0 Å². The predicted octanol–water partition coefficient (Wildman–Crippen LogP) is 2.60. The molecule has 1 aromatic rings. The number of rotatable bonds is 3. The Balaban J connectivity index is 2.22. The molecule has 1 aliphatic rings. The minimum atomic E-state index is -3.63. The molecule has 1 saturated heterocycles. The number of halogens is 1. The van der Waals surface area contributed by atoms with Gasteiger partial charge in [-0.05, 0) is 37.0 Å². The molecule has 1 unspecified atom stereocenters. The van der Waals surface area contributed by atoms with E-state index in [0.717, 1.165) is 12.8 Å². The molecular weight excluding hydrogens is 298 g/mol. The van der Waals surface area contributed by atoms with Crippen molar-refractivity contribution in [1.82, 2.24) is 4.31 Å². The maximum absolute atomic E-state index is 12.3. The van der Waals surface area contributed by atoms with Gasteiger partial charge in [0.2, 0.25) is 0 Å². The summed E-state index contributed by atoms with van der Waals surface area (Å²) in [6.45, 7) is 3.05. The van der Waals surface area contributed by atoms with Crippen molar-refractivity contribution < 1.29 is 8.42 Å². The highest BCUT2D eigenvalue weighted by atomic mass is 35.5. The Hall–Kier alpha value is -1.29. The van der Waals surface area contributed by atoms with E-state index >= 15 is 0 Å². The van der Waals surface area contributed by atoms with Gasteiger partial charge in [0.25, 0.3) is 0 Å². The Morgan fingerprint density at radius 3 is 2.90 bits per heavy atom. The zero-order chi connectivity index (χ0) is 14.8. The number of nitrogens with zero attached hydrogens (tertiary/aromatic N) is 2. The Morgan fingerprint density at radius 1 is 1.50 bits per heavy atom. The SMILES string of the molecule is CC1CCCN(S(=O)(=O)Nc2cc(C#N)ccc2Cl)C1. The van der Waals surface area contributed by atoms with E-state index in [0.29, 0.717) is 24.6 Å². The first-order chi connectivity index (χ1) is 9.42. The van der Waals surface area contributed by atoms with E-state index < -0.39 is 10.2 Å². The maximum Gasteiger partial charge on any atom is 0.301 e. The van der Waals surface area contributed by atoms with Crippen molar-refractivity contribution in [3.63, 3.8) is 0 Å². The van der Waals surface area contributed by atoms with Crippen LogP contribution in [0.25, 0.3) is 0 Å². The normalized spacial score (nSPS) is 20.4. The second-order valence-corrected chi connectivity index (χ2v) is 7.10. The fourth-order valence-corrected chi connectivity index (χ4v) is 3.86. The summed E-state index contributed by atoms with van der Waals surface area (Å²) in [6, 6.07) is 6.45. The topological polar surface area (TPSA) is 73.2 Å². The van der Waals surface area contributed by atoms with Gasteiger partial charge in [-0.1, -0.05) is 18.5 Å². The smallest absolute Gasteiger partial charge is 0.269 e. The molecule has 2 rings (SSSR count). The van der Waals surface area contributed by atoms with E-state index in [1.54, 1.807) is 6.07 Å². The molecule has 1 fully saturated rings. The van der Waals surface area contributed by atoms with Crippen molar-refractivity contribution in [2.45, 2.75) is 19.8 Å². The molecule has 1 heterocycles. The van der Waals surface area contributed by atoms with Crippen LogP contribution in [0.2, 0.25) is 5.02 Å². The highest BCUT2D eigenvalue weighted by Gasteiger charge is 2.27. The van der Waals surface area contributed by atoms with E-state index in [1.165, 1.54) is 16.4 Å². The van der Waals surface area contributed by atoms with Crippen LogP contribution in [0, 0.1) is 17.2 Å². The molecule has 1 N–H and O–H groups in total. The quantitative estimate of drug-likeness (QED) is 0.932. The third-order valence-electron chi connectivity index (χ3n) is 3.29. The van der Waals surface area contributed by atoms with Crippen LogP contribution in [-0.4, -0.2) is 25.8 Å². The number of anilines is 1. The van der Waals surface area contributed by atoms with Crippen molar-refractivity contribution in [3.8, 4) is 6.07 Å². The van der Waals surface area contributed by atoms with Crippen LogP contribution in [0.4, 0.5) is 5.69 Å². The third-order valence-corrected chi connectivity index (χ3v) is 5.11. The van der Waals surface area contributed by atoms with Crippen molar-refractivity contribution in [2.75, 3.05) is 17.8 Å². The van der Waals surface area contributed by atoms with Gasteiger partial charge in [0.15, 0.2) is 0 Å². The molecule has 0 aliphatic carbocycles. The van der Waals surface area contributed by atoms with E-state index in [-0.39, 0.29) is 10.7 Å². The number of hydrogen-bond donors (Lipinski definition) is 1. The first-order valence-corrected chi connectivity index (χ1v) is 8.21. The van der Waals surface area contributed by atoms with Gasteiger partial charge < -0.3 is 0 Å². The lowest BCUT2D eigenvalue weighted by Crippen LogP contribution is -2.42. The fraction of sp³-hybridized carbons (Fsp3) is 0.462. The molecule has 0 amide bonds. The first kappa shape index (κ1) is 15.1. The lowest BCUT2D eigenvalue weighted by Gasteiger charge is -2.30. The third kappa shape index (κ3) is 3.42. The molecule has 20 heavy (non-hydrogen) atoms. The summed E-state index contributed by atoms with van der Waals surface area (Å²) in [7, 11) is -3.63. The lowest BCUT2D eigenvalue weighted by molar-refractivity contribution is 0.282. The predicted molar refractivity (Wildman–Crippen MR) is 78.7 cm³/mol. The highest BCUT2D eigenvalue weighted by Crippen LogP contribution is 2.26. The fourth-order valence-electron chi connectivity index (χ4n) is 2.24. The van der Waals surface area contributed by atoms with Gasteiger partial charge in [-0.25, -0.2) is 0 Å². The number of nitrogens with one attached hydrogen (secondary N) is 1. The average Bonchev–Trinajstić information content (AvgIpc) is 2.41. The molecule has 0 radical (unpaired) electrons. The van der Waals surface area contributed by atoms with Crippen molar-refractivity contribution in [2.24, 2.45) is 5.92 Å². The summed E-state index contributed by atoms with van der Waals surface area (Å²) in [5, 5.41) is 9.13. The second kappa shape index (κ2) is 6.00. The van der Waals surface area contributed by atoms with Gasteiger partial charge in [0.05, 0.1) is 22.3 Å². The summed E-state index contributed by atoms with van der Waals surface area (Å²) in [5.74, 6) is 0.348. The summed E-state index contributed by atoms with van der Waals surface area (Å²) in [5.41, 5.74) is 0.600. The average molecular weight is 314 g/mol. The summed E-state index contributed by atoms with van der Waals surface area (Å²) < 4.78 is 28.5. The van der Waals surface area contributed by atoms with Gasteiger partial charge in [0, 0.05) is 13.1 Å². The Morgan fingerprint density at radius 2 is 2.25 bits per heavy atom. The summed E-state index contributed by atoms with van der Waals surface area (Å²) in [6.07, 6.45) is 1.89. The van der Waals surface area contributed by atoms with Crippen molar-refractivity contribution >= 4 is 27.5 Å². The van der Waals surface area contributed by atoms with Gasteiger partial charge in [-0.15, -0.1) is 0 Å². The maximum atomic E-state index is 12.3. The molecule has 1 atom stereocenters. The number of hydrogen-bond acceptors (Lipinski definition) is 3. The first-order valence-electron chi connectivity index (χ1n) is 6.40. The van der Waals surface area contributed by atoms with Crippen LogP contribution in [0.1, 0.15) is 25.3 Å². The monoisotopic (exact) mass is 313 g/mol. The molecule has 0 saturated carbocycles. The Bertz CT molecular complexity index is 640. The van der Waals surface area contributed by atoms with Crippen LogP contribution in [0.5, 0.6) is 0 Å². The van der Waals surface area contributed by atoms with Gasteiger partial charge in [0.1, 0.15) is 0 Å².